The predicted octanol–water partition coefficient (Wildman–Crippen LogP) is 3.67. The van der Waals surface area contributed by atoms with E-state index < -0.39 is 0 Å². The molecule has 1 amide bonds. The van der Waals surface area contributed by atoms with E-state index in [1.807, 2.05) is 17.8 Å². The number of ether oxygens (including phenoxy) is 1. The van der Waals surface area contributed by atoms with Crippen molar-refractivity contribution in [2.24, 2.45) is 0 Å². The molecule has 0 saturated carbocycles. The second kappa shape index (κ2) is 8.41. The van der Waals surface area contributed by atoms with Gasteiger partial charge < -0.3 is 10.1 Å². The van der Waals surface area contributed by atoms with Crippen molar-refractivity contribution in [1.29, 1.82) is 0 Å². The summed E-state index contributed by atoms with van der Waals surface area (Å²) in [6.07, 6.45) is 3.52. The summed E-state index contributed by atoms with van der Waals surface area (Å²) in [5.41, 5.74) is 2.79. The largest absolute Gasteiger partial charge is 0.484 e. The number of carbonyl (C=O) groups excluding carboxylic acids is 1. The quantitative estimate of drug-likeness (QED) is 0.741. The van der Waals surface area contributed by atoms with Crippen molar-refractivity contribution in [1.82, 2.24) is 5.32 Å². The zero-order chi connectivity index (χ0) is 15.9. The lowest BCUT2D eigenvalue weighted by Crippen LogP contribution is -2.30. The summed E-state index contributed by atoms with van der Waals surface area (Å²) in [6.45, 7) is 0.775. The summed E-state index contributed by atoms with van der Waals surface area (Å²) < 4.78 is 5.59. The van der Waals surface area contributed by atoms with Crippen LogP contribution in [-0.2, 0) is 23.4 Å². The van der Waals surface area contributed by atoms with Gasteiger partial charge in [-0.2, -0.15) is 11.8 Å². The Balaban J connectivity index is 1.30. The molecule has 122 valence electrons. The first-order chi connectivity index (χ1) is 11.3. The van der Waals surface area contributed by atoms with Gasteiger partial charge in [0.25, 0.3) is 5.91 Å². The average molecular weight is 348 g/mol. The van der Waals surface area contributed by atoms with Gasteiger partial charge in [0.15, 0.2) is 6.61 Å². The summed E-state index contributed by atoms with van der Waals surface area (Å²) in [6, 6.07) is 10.4. The van der Waals surface area contributed by atoms with Crippen molar-refractivity contribution in [3.05, 3.63) is 51.7 Å². The van der Waals surface area contributed by atoms with Crippen LogP contribution in [-0.4, -0.2) is 24.8 Å². The molecule has 0 fully saturated rings. The number of thioether (sulfide) groups is 1. The number of fused-ring (bicyclic) bond motifs is 1. The van der Waals surface area contributed by atoms with E-state index in [4.69, 9.17) is 4.74 Å². The highest BCUT2D eigenvalue weighted by Gasteiger charge is 2.11. The minimum Gasteiger partial charge on any atom is -0.484 e. The summed E-state index contributed by atoms with van der Waals surface area (Å²) in [5, 5.41) is 5.00. The highest BCUT2D eigenvalue weighted by Crippen LogP contribution is 2.25. The molecule has 0 bridgehead atoms. The van der Waals surface area contributed by atoms with Gasteiger partial charge >= 0.3 is 0 Å². The first-order valence-electron chi connectivity index (χ1n) is 7.93. The van der Waals surface area contributed by atoms with Crippen molar-refractivity contribution < 1.29 is 9.53 Å². The van der Waals surface area contributed by atoms with E-state index in [0.717, 1.165) is 23.7 Å². The van der Waals surface area contributed by atoms with Crippen molar-refractivity contribution in [2.75, 3.05) is 18.9 Å². The molecular weight excluding hydrogens is 326 g/mol. The Bertz CT molecular complexity index is 640. The number of hydrogen-bond donors (Lipinski definition) is 1. The Morgan fingerprint density at radius 1 is 1.26 bits per heavy atom. The highest BCUT2D eigenvalue weighted by molar-refractivity contribution is 7.98. The van der Waals surface area contributed by atoms with E-state index in [1.165, 1.54) is 28.8 Å². The molecule has 0 unspecified atom stereocenters. The fraction of sp³-hybridized carbons (Fsp3) is 0.389. The third-order valence-electron chi connectivity index (χ3n) is 3.83. The Labute approximate surface area is 145 Å². The van der Waals surface area contributed by atoms with Crippen LogP contribution in [0, 0.1) is 0 Å². The topological polar surface area (TPSA) is 38.3 Å². The maximum absolute atomic E-state index is 11.8. The maximum atomic E-state index is 11.8. The molecule has 1 heterocycles. The van der Waals surface area contributed by atoms with Gasteiger partial charge in [-0.15, -0.1) is 11.3 Å². The lowest BCUT2D eigenvalue weighted by Gasteiger charge is -2.09. The third kappa shape index (κ3) is 5.01. The lowest BCUT2D eigenvalue weighted by molar-refractivity contribution is -0.122. The van der Waals surface area contributed by atoms with Crippen molar-refractivity contribution >= 4 is 29.0 Å². The molecule has 3 rings (SSSR count). The first-order valence-corrected chi connectivity index (χ1v) is 9.96. The minimum atomic E-state index is -0.0535. The number of hydrogen-bond acceptors (Lipinski definition) is 4. The predicted molar refractivity (Wildman–Crippen MR) is 97.5 cm³/mol. The van der Waals surface area contributed by atoms with Crippen LogP contribution in [0.1, 0.15) is 22.4 Å². The van der Waals surface area contributed by atoms with E-state index >= 15 is 0 Å². The summed E-state index contributed by atoms with van der Waals surface area (Å²) >= 11 is 3.61. The SMILES string of the molecule is O=C(COc1ccc2c(c1)CCC2)NCCSCc1cccs1. The second-order valence-corrected chi connectivity index (χ2v) is 7.69. The fourth-order valence-electron chi connectivity index (χ4n) is 2.67. The van der Waals surface area contributed by atoms with Crippen LogP contribution in [0.15, 0.2) is 35.7 Å². The molecule has 0 aliphatic heterocycles. The monoisotopic (exact) mass is 347 g/mol. The van der Waals surface area contributed by atoms with Gasteiger partial charge in [-0.1, -0.05) is 12.1 Å². The number of amides is 1. The van der Waals surface area contributed by atoms with Gasteiger partial charge in [-0.25, -0.2) is 0 Å². The zero-order valence-electron chi connectivity index (χ0n) is 13.0. The molecule has 1 N–H and O–H groups in total. The van der Waals surface area contributed by atoms with Gasteiger partial charge in [-0.3, -0.25) is 4.79 Å². The van der Waals surface area contributed by atoms with Crippen LogP contribution >= 0.6 is 23.1 Å². The van der Waals surface area contributed by atoms with Crippen LogP contribution in [0.2, 0.25) is 0 Å². The van der Waals surface area contributed by atoms with E-state index in [2.05, 4.69) is 35.0 Å². The second-order valence-electron chi connectivity index (χ2n) is 5.55. The number of carbonyl (C=O) groups is 1. The van der Waals surface area contributed by atoms with Gasteiger partial charge in [0, 0.05) is 22.9 Å². The minimum absolute atomic E-state index is 0.0535. The van der Waals surface area contributed by atoms with Crippen LogP contribution in [0.25, 0.3) is 0 Å². The number of aryl methyl sites for hydroxylation is 2. The standard InChI is InChI=1S/C18H21NO2S2/c20-18(19-8-10-22-13-17-5-2-9-23-17)12-21-16-7-6-14-3-1-4-15(14)11-16/h2,5-7,9,11H,1,3-4,8,10,12-13H2,(H,19,20). The Kier molecular flexibility index (Phi) is 6.00. The van der Waals surface area contributed by atoms with Gasteiger partial charge in [0.05, 0.1) is 0 Å². The normalized spacial score (nSPS) is 12.9. The maximum Gasteiger partial charge on any atom is 0.257 e. The molecule has 23 heavy (non-hydrogen) atoms. The summed E-state index contributed by atoms with van der Waals surface area (Å²) in [5.74, 6) is 2.68. The van der Waals surface area contributed by atoms with Crippen LogP contribution in [0.5, 0.6) is 5.75 Å². The van der Waals surface area contributed by atoms with Crippen LogP contribution < -0.4 is 10.1 Å². The number of thiophene rings is 1. The molecule has 0 atom stereocenters. The number of benzene rings is 1. The molecule has 0 spiro atoms. The molecule has 1 aromatic carbocycles. The summed E-state index contributed by atoms with van der Waals surface area (Å²) in [4.78, 5) is 13.2. The number of nitrogens with one attached hydrogen (secondary N) is 1. The molecule has 2 aromatic rings. The van der Waals surface area contributed by atoms with Gasteiger partial charge in [0.1, 0.15) is 5.75 Å². The van der Waals surface area contributed by atoms with E-state index in [-0.39, 0.29) is 12.5 Å². The van der Waals surface area contributed by atoms with E-state index in [1.54, 1.807) is 11.3 Å². The molecule has 1 aliphatic carbocycles. The molecule has 0 saturated heterocycles. The molecule has 0 radical (unpaired) electrons. The smallest absolute Gasteiger partial charge is 0.257 e. The van der Waals surface area contributed by atoms with Crippen LogP contribution in [0.4, 0.5) is 0 Å². The van der Waals surface area contributed by atoms with Crippen LogP contribution in [0.3, 0.4) is 0 Å². The van der Waals surface area contributed by atoms with Gasteiger partial charge in [-0.05, 0) is 54.0 Å². The average Bonchev–Trinajstić information content (AvgIpc) is 3.23. The zero-order valence-corrected chi connectivity index (χ0v) is 14.7. The Hall–Kier alpha value is -1.46. The summed E-state index contributed by atoms with van der Waals surface area (Å²) in [7, 11) is 0. The fourth-order valence-corrected chi connectivity index (χ4v) is 4.37. The molecule has 1 aromatic heterocycles. The van der Waals surface area contributed by atoms with Crippen molar-refractivity contribution in [2.45, 2.75) is 25.0 Å². The number of rotatable bonds is 8. The lowest BCUT2D eigenvalue weighted by atomic mass is 10.1. The Morgan fingerprint density at radius 3 is 3.04 bits per heavy atom. The molecular formula is C18H21NO2S2. The van der Waals surface area contributed by atoms with Gasteiger partial charge in [0.2, 0.25) is 0 Å². The molecule has 3 nitrogen and oxygen atoms in total. The van der Waals surface area contributed by atoms with E-state index in [9.17, 15) is 4.79 Å². The van der Waals surface area contributed by atoms with E-state index in [0.29, 0.717) is 6.54 Å². The molecule has 5 heteroatoms. The Morgan fingerprint density at radius 2 is 2.17 bits per heavy atom. The van der Waals surface area contributed by atoms with Crippen molar-refractivity contribution in [3.8, 4) is 5.75 Å². The van der Waals surface area contributed by atoms with Crippen molar-refractivity contribution in [3.63, 3.8) is 0 Å². The first kappa shape index (κ1) is 16.4. The third-order valence-corrected chi connectivity index (χ3v) is 5.90. The molecule has 1 aliphatic rings. The highest BCUT2D eigenvalue weighted by atomic mass is 32.2.